The number of hydrogen-bond acceptors (Lipinski definition) is 2. The highest BCUT2D eigenvalue weighted by atomic mass is 35.5. The molecule has 0 aliphatic carbocycles. The average Bonchev–Trinajstić information content (AvgIpc) is 2.21. The predicted molar refractivity (Wildman–Crippen MR) is 75.9 cm³/mol. The zero-order valence-electron chi connectivity index (χ0n) is 10.3. The summed E-state index contributed by atoms with van der Waals surface area (Å²) in [7, 11) is 0. The van der Waals surface area contributed by atoms with E-state index < -0.39 is 4.92 Å². The van der Waals surface area contributed by atoms with E-state index in [1.165, 1.54) is 12.1 Å². The van der Waals surface area contributed by atoms with Gasteiger partial charge in [-0.1, -0.05) is 44.0 Å². The van der Waals surface area contributed by atoms with Crippen LogP contribution in [-0.4, -0.2) is 10.3 Å². The Labute approximate surface area is 121 Å². The van der Waals surface area contributed by atoms with Gasteiger partial charge < -0.3 is 0 Å². The molecule has 0 saturated carbocycles. The first-order valence-corrected chi connectivity index (χ1v) is 6.58. The fourth-order valence-corrected chi connectivity index (χ4v) is 1.92. The van der Waals surface area contributed by atoms with Gasteiger partial charge in [0.1, 0.15) is 0 Å². The fourth-order valence-electron chi connectivity index (χ4n) is 1.41. The van der Waals surface area contributed by atoms with Crippen molar-refractivity contribution in [2.24, 2.45) is 5.41 Å². The van der Waals surface area contributed by atoms with Crippen molar-refractivity contribution in [1.29, 1.82) is 0 Å². The summed E-state index contributed by atoms with van der Waals surface area (Å²) < 4.78 is 0. The molecule has 18 heavy (non-hydrogen) atoms. The van der Waals surface area contributed by atoms with Crippen LogP contribution in [0.2, 0.25) is 10.0 Å². The van der Waals surface area contributed by atoms with Gasteiger partial charge in [-0.25, -0.2) is 0 Å². The first kappa shape index (κ1) is 15.5. The van der Waals surface area contributed by atoms with Crippen molar-refractivity contribution in [2.45, 2.75) is 32.6 Å². The molecule has 6 heteroatoms. The van der Waals surface area contributed by atoms with Crippen molar-refractivity contribution in [3.8, 4) is 0 Å². The molecule has 0 amide bonds. The van der Waals surface area contributed by atoms with Crippen molar-refractivity contribution < 1.29 is 4.92 Å². The maximum absolute atomic E-state index is 11.0. The zero-order valence-corrected chi connectivity index (χ0v) is 12.6. The Morgan fingerprint density at radius 3 is 2.22 bits per heavy atom. The highest BCUT2D eigenvalue weighted by molar-refractivity contribution is 6.42. The first-order valence-electron chi connectivity index (χ1n) is 5.39. The van der Waals surface area contributed by atoms with E-state index in [1.807, 2.05) is 20.8 Å². The fraction of sp³-hybridized carbons (Fsp3) is 0.500. The van der Waals surface area contributed by atoms with Crippen molar-refractivity contribution in [3.63, 3.8) is 0 Å². The van der Waals surface area contributed by atoms with Crippen LogP contribution in [0.3, 0.4) is 0 Å². The number of benzene rings is 1. The smallest absolute Gasteiger partial charge is 0.258 e. The predicted octanol–water partition coefficient (Wildman–Crippen LogP) is 5.10. The number of halogens is 3. The summed E-state index contributed by atoms with van der Waals surface area (Å²) in [6.07, 6.45) is 0.373. The molecule has 1 unspecified atom stereocenters. The zero-order chi connectivity index (χ0) is 14.1. The van der Waals surface area contributed by atoms with Crippen LogP contribution in [0.25, 0.3) is 0 Å². The molecule has 0 aliphatic heterocycles. The minimum atomic E-state index is -0.468. The third-order valence-corrected chi connectivity index (χ3v) is 4.19. The van der Waals surface area contributed by atoms with Gasteiger partial charge in [0.05, 0.1) is 15.0 Å². The molecule has 3 nitrogen and oxygen atoms in total. The van der Waals surface area contributed by atoms with E-state index in [-0.39, 0.29) is 21.5 Å². The maximum atomic E-state index is 11.0. The Morgan fingerprint density at radius 1 is 1.28 bits per heavy atom. The molecule has 1 rings (SSSR count). The SMILES string of the molecule is CC(C)(C)C(Cl)Cc1cc(Cl)c(Cl)cc1[N+](=O)[O-]. The molecule has 0 spiro atoms. The normalized spacial score (nSPS) is 13.4. The lowest BCUT2D eigenvalue weighted by molar-refractivity contribution is -0.385. The minimum Gasteiger partial charge on any atom is -0.258 e. The molecule has 0 bridgehead atoms. The van der Waals surface area contributed by atoms with Crippen molar-refractivity contribution in [2.75, 3.05) is 0 Å². The second-order valence-corrected chi connectivity index (χ2v) is 6.53. The van der Waals surface area contributed by atoms with E-state index in [9.17, 15) is 10.1 Å². The van der Waals surface area contributed by atoms with Gasteiger partial charge in [-0.15, -0.1) is 11.6 Å². The standard InChI is InChI=1S/C12H14Cl3NO2/c1-12(2,3)11(15)5-7-4-8(13)9(14)6-10(7)16(17)18/h4,6,11H,5H2,1-3H3. The highest BCUT2D eigenvalue weighted by Gasteiger charge is 2.26. The molecule has 0 heterocycles. The monoisotopic (exact) mass is 309 g/mol. The lowest BCUT2D eigenvalue weighted by Crippen LogP contribution is -2.23. The summed E-state index contributed by atoms with van der Waals surface area (Å²) >= 11 is 17.9. The van der Waals surface area contributed by atoms with E-state index >= 15 is 0 Å². The van der Waals surface area contributed by atoms with Crippen LogP contribution in [0, 0.1) is 15.5 Å². The van der Waals surface area contributed by atoms with Gasteiger partial charge in [0.25, 0.3) is 5.69 Å². The van der Waals surface area contributed by atoms with E-state index in [0.29, 0.717) is 17.0 Å². The van der Waals surface area contributed by atoms with Crippen molar-refractivity contribution in [3.05, 3.63) is 37.9 Å². The molecule has 0 aromatic heterocycles. The maximum Gasteiger partial charge on any atom is 0.274 e. The van der Waals surface area contributed by atoms with Gasteiger partial charge in [0.2, 0.25) is 0 Å². The molecule has 1 atom stereocenters. The summed E-state index contributed by atoms with van der Waals surface area (Å²) in [5.41, 5.74) is 0.310. The molecule has 0 saturated heterocycles. The Balaban J connectivity index is 3.15. The number of alkyl halides is 1. The molecule has 1 aromatic rings. The van der Waals surface area contributed by atoms with Gasteiger partial charge in [-0.05, 0) is 17.9 Å². The third-order valence-electron chi connectivity index (χ3n) is 2.66. The number of hydrogen-bond donors (Lipinski definition) is 0. The number of nitro benzene ring substituents is 1. The molecule has 1 aromatic carbocycles. The van der Waals surface area contributed by atoms with Gasteiger partial charge in [-0.2, -0.15) is 0 Å². The summed E-state index contributed by atoms with van der Waals surface area (Å²) in [4.78, 5) is 10.5. The van der Waals surface area contributed by atoms with Crippen LogP contribution >= 0.6 is 34.8 Å². The van der Waals surface area contributed by atoms with E-state index in [4.69, 9.17) is 34.8 Å². The molecular formula is C12H14Cl3NO2. The Morgan fingerprint density at radius 2 is 1.78 bits per heavy atom. The van der Waals surface area contributed by atoms with Crippen LogP contribution < -0.4 is 0 Å². The van der Waals surface area contributed by atoms with Crippen molar-refractivity contribution in [1.82, 2.24) is 0 Å². The van der Waals surface area contributed by atoms with E-state index in [1.54, 1.807) is 0 Å². The quantitative estimate of drug-likeness (QED) is 0.443. The summed E-state index contributed by atoms with van der Waals surface area (Å²) in [6.45, 7) is 5.94. The van der Waals surface area contributed by atoms with Gasteiger partial charge in [-0.3, -0.25) is 10.1 Å². The summed E-state index contributed by atoms with van der Waals surface area (Å²) in [5.74, 6) is 0. The molecule has 0 fully saturated rings. The van der Waals surface area contributed by atoms with E-state index in [2.05, 4.69) is 0 Å². The average molecular weight is 311 g/mol. The van der Waals surface area contributed by atoms with Crippen LogP contribution in [0.1, 0.15) is 26.3 Å². The lowest BCUT2D eigenvalue weighted by atomic mass is 9.87. The highest BCUT2D eigenvalue weighted by Crippen LogP contribution is 2.34. The molecule has 0 aliphatic rings. The number of nitrogens with zero attached hydrogens (tertiary/aromatic N) is 1. The largest absolute Gasteiger partial charge is 0.274 e. The Bertz CT molecular complexity index is 469. The number of nitro groups is 1. The first-order chi connectivity index (χ1) is 8.12. The van der Waals surface area contributed by atoms with Crippen LogP contribution in [0.5, 0.6) is 0 Å². The van der Waals surface area contributed by atoms with E-state index in [0.717, 1.165) is 0 Å². The van der Waals surface area contributed by atoms with Crippen LogP contribution in [0.15, 0.2) is 12.1 Å². The lowest BCUT2D eigenvalue weighted by Gasteiger charge is -2.25. The Hall–Kier alpha value is -0.510. The van der Waals surface area contributed by atoms with Gasteiger partial charge in [0.15, 0.2) is 0 Å². The van der Waals surface area contributed by atoms with Crippen LogP contribution in [-0.2, 0) is 6.42 Å². The molecular weight excluding hydrogens is 296 g/mol. The second kappa shape index (κ2) is 5.64. The topological polar surface area (TPSA) is 43.1 Å². The summed E-state index contributed by atoms with van der Waals surface area (Å²) in [5, 5.41) is 11.2. The molecule has 0 N–H and O–H groups in total. The Kier molecular flexibility index (Phi) is 4.87. The molecule has 100 valence electrons. The summed E-state index contributed by atoms with van der Waals surface area (Å²) in [6, 6.07) is 2.79. The second-order valence-electron chi connectivity index (χ2n) is 5.19. The molecule has 0 radical (unpaired) electrons. The number of rotatable bonds is 3. The van der Waals surface area contributed by atoms with Crippen LogP contribution in [0.4, 0.5) is 5.69 Å². The van der Waals surface area contributed by atoms with Crippen molar-refractivity contribution >= 4 is 40.5 Å². The van der Waals surface area contributed by atoms with Gasteiger partial charge in [0, 0.05) is 17.0 Å². The third kappa shape index (κ3) is 3.74. The van der Waals surface area contributed by atoms with Gasteiger partial charge >= 0.3 is 0 Å². The minimum absolute atomic E-state index is 0.0423.